The largest absolute Gasteiger partial charge is 0.0771 e. The Morgan fingerprint density at radius 2 is 1.19 bits per heavy atom. The molecule has 0 heterocycles. The molecule has 0 radical (unpaired) electrons. The lowest BCUT2D eigenvalue weighted by Crippen LogP contribution is -2.41. The van der Waals surface area contributed by atoms with Gasteiger partial charge in [0, 0.05) is 11.8 Å². The lowest BCUT2D eigenvalue weighted by molar-refractivity contribution is 0.0558. The molecule has 21 heavy (non-hydrogen) atoms. The Bertz CT molecular complexity index is 488. The third kappa shape index (κ3) is 2.47. The molecular formula is C21H30. The standard InChI is InChI=1S/C21H30/c1-20(2,18-12-8-9-13-18)21(3,4)19-14-16-10-6-5-7-11-17(16)15-19/h8-9,12-15,18-19H,5-7,10-11H2,1-4H3. The molecule has 3 rings (SSSR count). The molecule has 114 valence electrons. The third-order valence-corrected chi connectivity index (χ3v) is 6.64. The molecule has 3 aliphatic carbocycles. The first-order valence-corrected chi connectivity index (χ1v) is 8.70. The molecule has 0 bridgehead atoms. The first kappa shape index (κ1) is 14.9. The van der Waals surface area contributed by atoms with Crippen molar-refractivity contribution in [3.63, 3.8) is 0 Å². The van der Waals surface area contributed by atoms with E-state index in [9.17, 15) is 0 Å². The quantitative estimate of drug-likeness (QED) is 0.575. The van der Waals surface area contributed by atoms with E-state index < -0.39 is 0 Å². The third-order valence-electron chi connectivity index (χ3n) is 6.64. The van der Waals surface area contributed by atoms with Crippen LogP contribution in [0.1, 0.15) is 59.8 Å². The molecular weight excluding hydrogens is 252 g/mol. The van der Waals surface area contributed by atoms with E-state index in [0.717, 1.165) is 0 Å². The van der Waals surface area contributed by atoms with Crippen molar-refractivity contribution in [3.05, 3.63) is 47.6 Å². The average Bonchev–Trinajstić information content (AvgIpc) is 3.05. The smallest absolute Gasteiger partial charge is 0.00150 e. The Hall–Kier alpha value is -1.04. The second-order valence-corrected chi connectivity index (χ2v) is 8.21. The Morgan fingerprint density at radius 3 is 1.71 bits per heavy atom. The molecule has 0 heteroatoms. The van der Waals surface area contributed by atoms with Gasteiger partial charge in [0.1, 0.15) is 0 Å². The monoisotopic (exact) mass is 282 g/mol. The van der Waals surface area contributed by atoms with Crippen molar-refractivity contribution in [3.8, 4) is 0 Å². The fourth-order valence-electron chi connectivity index (χ4n) is 4.18. The Balaban J connectivity index is 1.87. The molecule has 0 aromatic heterocycles. The minimum atomic E-state index is 0.263. The number of hydrogen-bond acceptors (Lipinski definition) is 0. The summed E-state index contributed by atoms with van der Waals surface area (Å²) in [4.78, 5) is 0. The van der Waals surface area contributed by atoms with Crippen LogP contribution in [-0.4, -0.2) is 0 Å². The first-order chi connectivity index (χ1) is 9.93. The van der Waals surface area contributed by atoms with Crippen molar-refractivity contribution in [1.82, 2.24) is 0 Å². The van der Waals surface area contributed by atoms with Gasteiger partial charge < -0.3 is 0 Å². The van der Waals surface area contributed by atoms with E-state index in [2.05, 4.69) is 64.2 Å². The van der Waals surface area contributed by atoms with Crippen molar-refractivity contribution >= 4 is 0 Å². The Kier molecular flexibility index (Phi) is 3.76. The van der Waals surface area contributed by atoms with Crippen molar-refractivity contribution < 1.29 is 0 Å². The number of rotatable bonds is 3. The van der Waals surface area contributed by atoms with Gasteiger partial charge in [-0.2, -0.15) is 0 Å². The SMILES string of the molecule is CC(C)(C1C=CC=C1)C(C)(C)C1C=C2CCCCCC2=C1. The zero-order valence-electron chi connectivity index (χ0n) is 14.2. The minimum absolute atomic E-state index is 0.263. The average molecular weight is 282 g/mol. The van der Waals surface area contributed by atoms with Crippen LogP contribution >= 0.6 is 0 Å². The van der Waals surface area contributed by atoms with Gasteiger partial charge in [-0.1, -0.05) is 70.6 Å². The van der Waals surface area contributed by atoms with Gasteiger partial charge >= 0.3 is 0 Å². The summed E-state index contributed by atoms with van der Waals surface area (Å²) in [6, 6.07) is 0. The fraction of sp³-hybridized carbons (Fsp3) is 0.619. The van der Waals surface area contributed by atoms with Crippen molar-refractivity contribution in [2.24, 2.45) is 22.7 Å². The molecule has 0 N–H and O–H groups in total. The number of hydrogen-bond donors (Lipinski definition) is 0. The lowest BCUT2D eigenvalue weighted by Gasteiger charge is -2.48. The zero-order valence-corrected chi connectivity index (χ0v) is 14.2. The highest BCUT2D eigenvalue weighted by molar-refractivity contribution is 5.41. The van der Waals surface area contributed by atoms with Crippen LogP contribution in [0.5, 0.6) is 0 Å². The van der Waals surface area contributed by atoms with Gasteiger partial charge in [-0.25, -0.2) is 0 Å². The molecule has 3 aliphatic rings. The molecule has 0 nitrogen and oxygen atoms in total. The number of allylic oxidation sites excluding steroid dienone is 8. The maximum absolute atomic E-state index is 2.60. The maximum atomic E-state index is 2.60. The minimum Gasteiger partial charge on any atom is -0.0771 e. The van der Waals surface area contributed by atoms with E-state index in [1.165, 1.54) is 32.1 Å². The van der Waals surface area contributed by atoms with Crippen LogP contribution in [0, 0.1) is 22.7 Å². The predicted octanol–water partition coefficient (Wildman–Crippen LogP) is 6.23. The summed E-state index contributed by atoms with van der Waals surface area (Å²) in [6.45, 7) is 9.83. The summed E-state index contributed by atoms with van der Waals surface area (Å²) in [7, 11) is 0. The first-order valence-electron chi connectivity index (χ1n) is 8.70. The Morgan fingerprint density at radius 1 is 0.714 bits per heavy atom. The molecule has 0 atom stereocenters. The molecule has 0 saturated heterocycles. The molecule has 0 spiro atoms. The van der Waals surface area contributed by atoms with Crippen LogP contribution in [0.15, 0.2) is 47.6 Å². The van der Waals surface area contributed by atoms with Crippen LogP contribution < -0.4 is 0 Å². The fourth-order valence-corrected chi connectivity index (χ4v) is 4.18. The van der Waals surface area contributed by atoms with Crippen LogP contribution in [0.25, 0.3) is 0 Å². The zero-order chi connectivity index (χ0) is 15.1. The summed E-state index contributed by atoms with van der Waals surface area (Å²) in [5, 5.41) is 0. The molecule has 0 aromatic rings. The summed E-state index contributed by atoms with van der Waals surface area (Å²) < 4.78 is 0. The van der Waals surface area contributed by atoms with Crippen LogP contribution in [0.4, 0.5) is 0 Å². The molecule has 1 saturated carbocycles. The second-order valence-electron chi connectivity index (χ2n) is 8.21. The molecule has 1 fully saturated rings. The van der Waals surface area contributed by atoms with E-state index in [1.54, 1.807) is 11.1 Å². The molecule has 0 aromatic carbocycles. The maximum Gasteiger partial charge on any atom is 0.00150 e. The van der Waals surface area contributed by atoms with E-state index in [1.807, 2.05) is 0 Å². The van der Waals surface area contributed by atoms with Gasteiger partial charge in [-0.05, 0) is 47.7 Å². The van der Waals surface area contributed by atoms with Crippen molar-refractivity contribution in [1.29, 1.82) is 0 Å². The van der Waals surface area contributed by atoms with E-state index in [-0.39, 0.29) is 10.8 Å². The van der Waals surface area contributed by atoms with Gasteiger partial charge in [-0.3, -0.25) is 0 Å². The Labute approximate surface area is 130 Å². The molecule has 0 aliphatic heterocycles. The highest BCUT2D eigenvalue weighted by atomic mass is 14.5. The predicted molar refractivity (Wildman–Crippen MR) is 92.1 cm³/mol. The van der Waals surface area contributed by atoms with Crippen LogP contribution in [0.3, 0.4) is 0 Å². The highest BCUT2D eigenvalue weighted by Crippen LogP contribution is 2.54. The topological polar surface area (TPSA) is 0 Å². The summed E-state index contributed by atoms with van der Waals surface area (Å²) >= 11 is 0. The van der Waals surface area contributed by atoms with Gasteiger partial charge in [0.15, 0.2) is 0 Å². The van der Waals surface area contributed by atoms with E-state index in [0.29, 0.717) is 11.8 Å². The summed E-state index contributed by atoms with van der Waals surface area (Å²) in [5.41, 5.74) is 3.86. The van der Waals surface area contributed by atoms with E-state index in [4.69, 9.17) is 0 Å². The van der Waals surface area contributed by atoms with Gasteiger partial charge in [-0.15, -0.1) is 0 Å². The van der Waals surface area contributed by atoms with Crippen LogP contribution in [0.2, 0.25) is 0 Å². The summed E-state index contributed by atoms with van der Waals surface area (Å²) in [6.07, 6.45) is 21.1. The summed E-state index contributed by atoms with van der Waals surface area (Å²) in [5.74, 6) is 1.16. The molecule has 0 amide bonds. The van der Waals surface area contributed by atoms with Crippen LogP contribution in [-0.2, 0) is 0 Å². The normalized spacial score (nSPS) is 24.0. The van der Waals surface area contributed by atoms with Gasteiger partial charge in [0.25, 0.3) is 0 Å². The lowest BCUT2D eigenvalue weighted by atomic mass is 9.56. The van der Waals surface area contributed by atoms with Crippen molar-refractivity contribution in [2.45, 2.75) is 59.8 Å². The molecule has 0 unspecified atom stereocenters. The van der Waals surface area contributed by atoms with Crippen molar-refractivity contribution in [2.75, 3.05) is 0 Å². The highest BCUT2D eigenvalue weighted by Gasteiger charge is 2.46. The van der Waals surface area contributed by atoms with Gasteiger partial charge in [0.05, 0.1) is 0 Å². The van der Waals surface area contributed by atoms with E-state index >= 15 is 0 Å². The van der Waals surface area contributed by atoms with Gasteiger partial charge in [0.2, 0.25) is 0 Å². The number of fused-ring (bicyclic) bond motifs is 1. The second kappa shape index (κ2) is 5.30.